The zero-order chi connectivity index (χ0) is 18.1. The Morgan fingerprint density at radius 2 is 1.96 bits per heavy atom. The fourth-order valence-electron chi connectivity index (χ4n) is 2.28. The Morgan fingerprint density at radius 1 is 1.20 bits per heavy atom. The van der Waals surface area contributed by atoms with Crippen LogP contribution in [0.5, 0.6) is 0 Å². The fraction of sp³-hybridized carbons (Fsp3) is 0.471. The van der Waals surface area contributed by atoms with Gasteiger partial charge in [0.2, 0.25) is 0 Å². The molecule has 1 aliphatic heterocycles. The Hall–Kier alpha value is -2.12. The summed E-state index contributed by atoms with van der Waals surface area (Å²) in [6.07, 6.45) is 1.95. The summed E-state index contributed by atoms with van der Waals surface area (Å²) in [5.74, 6) is -1.23. The van der Waals surface area contributed by atoms with Gasteiger partial charge in [-0.25, -0.2) is 0 Å². The summed E-state index contributed by atoms with van der Waals surface area (Å²) in [4.78, 5) is 35.0. The smallest absolute Gasteiger partial charge is 0.308 e. The minimum atomic E-state index is -0.552. The average Bonchev–Trinajstić information content (AvgIpc) is 3.12. The molecule has 7 nitrogen and oxygen atoms in total. The number of esters is 1. The Balaban J connectivity index is 1.56. The molecule has 8 heteroatoms. The monoisotopic (exact) mass is 368 g/mol. The number of nitrogens with one attached hydrogen (secondary N) is 2. The lowest BCUT2D eigenvalue weighted by Crippen LogP contribution is -2.35. The topological polar surface area (TPSA) is 93.7 Å². The van der Waals surface area contributed by atoms with Crippen LogP contribution in [0, 0.1) is 0 Å². The zero-order valence-corrected chi connectivity index (χ0v) is 14.5. The molecule has 1 saturated heterocycles. The first-order chi connectivity index (χ1) is 12.0. The first-order valence-electron chi connectivity index (χ1n) is 8.12. The molecule has 136 valence electrons. The van der Waals surface area contributed by atoms with Gasteiger partial charge in [0.25, 0.3) is 11.8 Å². The predicted molar refractivity (Wildman–Crippen MR) is 91.3 cm³/mol. The van der Waals surface area contributed by atoms with E-state index in [0.29, 0.717) is 17.1 Å². The third kappa shape index (κ3) is 7.11. The lowest BCUT2D eigenvalue weighted by atomic mass is 10.2. The van der Waals surface area contributed by atoms with Crippen molar-refractivity contribution in [1.29, 1.82) is 0 Å². The Kier molecular flexibility index (Phi) is 7.69. The summed E-state index contributed by atoms with van der Waals surface area (Å²) >= 11 is 5.75. The molecule has 0 bridgehead atoms. The number of carbonyl (C=O) groups excluding carboxylic acids is 3. The molecule has 1 fully saturated rings. The number of hydrogen-bond donors (Lipinski definition) is 2. The van der Waals surface area contributed by atoms with Crippen molar-refractivity contribution >= 4 is 29.4 Å². The van der Waals surface area contributed by atoms with E-state index in [1.54, 1.807) is 24.3 Å². The van der Waals surface area contributed by atoms with Crippen molar-refractivity contribution in [1.82, 2.24) is 10.6 Å². The van der Waals surface area contributed by atoms with Crippen molar-refractivity contribution < 1.29 is 23.9 Å². The van der Waals surface area contributed by atoms with Gasteiger partial charge in [0, 0.05) is 30.3 Å². The van der Waals surface area contributed by atoms with Gasteiger partial charge in [-0.15, -0.1) is 0 Å². The minimum Gasteiger partial charge on any atom is -0.456 e. The molecule has 1 heterocycles. The molecule has 0 saturated carbocycles. The van der Waals surface area contributed by atoms with Gasteiger partial charge >= 0.3 is 5.97 Å². The summed E-state index contributed by atoms with van der Waals surface area (Å²) in [6, 6.07) is 6.41. The highest BCUT2D eigenvalue weighted by atomic mass is 35.5. The van der Waals surface area contributed by atoms with Crippen LogP contribution in [0.2, 0.25) is 5.02 Å². The van der Waals surface area contributed by atoms with Crippen molar-refractivity contribution in [2.45, 2.75) is 25.4 Å². The lowest BCUT2D eigenvalue weighted by molar-refractivity contribution is -0.148. The molecule has 0 unspecified atom stereocenters. The molecule has 0 radical (unpaired) electrons. The number of halogens is 1. The lowest BCUT2D eigenvalue weighted by Gasteiger charge is -2.11. The SMILES string of the molecule is O=C(COC(=O)CCNC(=O)c1ccc(Cl)cc1)NC[C@@H]1CCCO1. The maximum absolute atomic E-state index is 11.8. The Bertz CT molecular complexity index is 600. The quantitative estimate of drug-likeness (QED) is 0.674. The third-order valence-electron chi connectivity index (χ3n) is 3.64. The van der Waals surface area contributed by atoms with Crippen molar-refractivity contribution in [3.05, 3.63) is 34.9 Å². The van der Waals surface area contributed by atoms with E-state index in [2.05, 4.69) is 10.6 Å². The van der Waals surface area contributed by atoms with Gasteiger partial charge in [-0.3, -0.25) is 14.4 Å². The van der Waals surface area contributed by atoms with E-state index in [0.717, 1.165) is 19.4 Å². The molecule has 1 atom stereocenters. The minimum absolute atomic E-state index is 0.0155. The van der Waals surface area contributed by atoms with E-state index >= 15 is 0 Å². The van der Waals surface area contributed by atoms with Crippen LogP contribution >= 0.6 is 11.6 Å². The summed E-state index contributed by atoms with van der Waals surface area (Å²) in [5, 5.41) is 5.80. The van der Waals surface area contributed by atoms with Gasteiger partial charge in [0.15, 0.2) is 6.61 Å². The van der Waals surface area contributed by atoms with Gasteiger partial charge in [-0.05, 0) is 37.1 Å². The molecular formula is C17H21ClN2O5. The van der Waals surface area contributed by atoms with E-state index in [1.165, 1.54) is 0 Å². The molecule has 0 spiro atoms. The zero-order valence-electron chi connectivity index (χ0n) is 13.8. The molecule has 2 rings (SSSR count). The van der Waals surface area contributed by atoms with Crippen LogP contribution < -0.4 is 10.6 Å². The molecule has 1 aromatic rings. The molecule has 2 N–H and O–H groups in total. The number of amides is 2. The Labute approximate surface area is 151 Å². The van der Waals surface area contributed by atoms with Crippen LogP contribution in [0.4, 0.5) is 0 Å². The molecule has 2 amide bonds. The van der Waals surface area contributed by atoms with E-state index in [9.17, 15) is 14.4 Å². The van der Waals surface area contributed by atoms with E-state index < -0.39 is 5.97 Å². The molecule has 25 heavy (non-hydrogen) atoms. The predicted octanol–water partition coefficient (Wildman–Crippen LogP) is 1.30. The summed E-state index contributed by atoms with van der Waals surface area (Å²) in [7, 11) is 0. The fourth-order valence-corrected chi connectivity index (χ4v) is 2.41. The third-order valence-corrected chi connectivity index (χ3v) is 3.89. The number of ether oxygens (including phenoxy) is 2. The first-order valence-corrected chi connectivity index (χ1v) is 8.50. The Morgan fingerprint density at radius 3 is 2.64 bits per heavy atom. The average molecular weight is 369 g/mol. The van der Waals surface area contributed by atoms with Crippen molar-refractivity contribution in [2.75, 3.05) is 26.3 Å². The van der Waals surface area contributed by atoms with Crippen molar-refractivity contribution in [3.8, 4) is 0 Å². The van der Waals surface area contributed by atoms with Crippen LogP contribution in [0.1, 0.15) is 29.6 Å². The van der Waals surface area contributed by atoms with Crippen LogP contribution in [-0.2, 0) is 19.1 Å². The van der Waals surface area contributed by atoms with Crippen LogP contribution in [0.15, 0.2) is 24.3 Å². The van der Waals surface area contributed by atoms with E-state index in [1.807, 2.05) is 0 Å². The van der Waals surface area contributed by atoms with Gasteiger partial charge in [-0.1, -0.05) is 11.6 Å². The number of rotatable bonds is 8. The van der Waals surface area contributed by atoms with Gasteiger partial charge < -0.3 is 20.1 Å². The highest BCUT2D eigenvalue weighted by molar-refractivity contribution is 6.30. The standard InChI is InChI=1S/C17H21ClN2O5/c18-13-5-3-12(4-6-13)17(23)19-8-7-16(22)25-11-15(21)20-10-14-2-1-9-24-14/h3-6,14H,1-2,7-11H2,(H,19,23)(H,20,21)/t14-/m0/s1. The molecular weight excluding hydrogens is 348 g/mol. The summed E-state index contributed by atoms with van der Waals surface area (Å²) < 4.78 is 10.2. The van der Waals surface area contributed by atoms with Crippen molar-refractivity contribution in [3.63, 3.8) is 0 Å². The molecule has 1 aliphatic rings. The number of carbonyl (C=O) groups is 3. The van der Waals surface area contributed by atoms with Crippen LogP contribution in [-0.4, -0.2) is 50.2 Å². The second-order valence-electron chi connectivity index (χ2n) is 5.61. The summed E-state index contributed by atoms with van der Waals surface area (Å²) in [6.45, 7) is 0.930. The number of hydrogen-bond acceptors (Lipinski definition) is 5. The van der Waals surface area contributed by atoms with E-state index in [-0.39, 0.29) is 37.5 Å². The highest BCUT2D eigenvalue weighted by Gasteiger charge is 2.16. The maximum Gasteiger partial charge on any atom is 0.308 e. The first kappa shape index (κ1) is 19.2. The second kappa shape index (κ2) is 10.0. The highest BCUT2D eigenvalue weighted by Crippen LogP contribution is 2.10. The molecule has 0 aromatic heterocycles. The van der Waals surface area contributed by atoms with Gasteiger partial charge in [0.05, 0.1) is 12.5 Å². The number of benzene rings is 1. The van der Waals surface area contributed by atoms with Crippen LogP contribution in [0.3, 0.4) is 0 Å². The second-order valence-corrected chi connectivity index (χ2v) is 6.05. The van der Waals surface area contributed by atoms with Crippen molar-refractivity contribution in [2.24, 2.45) is 0 Å². The normalized spacial score (nSPS) is 16.3. The van der Waals surface area contributed by atoms with E-state index in [4.69, 9.17) is 21.1 Å². The van der Waals surface area contributed by atoms with Gasteiger partial charge in [-0.2, -0.15) is 0 Å². The largest absolute Gasteiger partial charge is 0.456 e. The van der Waals surface area contributed by atoms with Crippen LogP contribution in [0.25, 0.3) is 0 Å². The molecule has 0 aliphatic carbocycles. The van der Waals surface area contributed by atoms with Gasteiger partial charge in [0.1, 0.15) is 0 Å². The molecule has 1 aromatic carbocycles. The maximum atomic E-state index is 11.8. The summed E-state index contributed by atoms with van der Waals surface area (Å²) in [5.41, 5.74) is 0.450.